The third-order valence-corrected chi connectivity index (χ3v) is 4.12. The van der Waals surface area contributed by atoms with Crippen molar-refractivity contribution in [1.29, 1.82) is 0 Å². The predicted octanol–water partition coefficient (Wildman–Crippen LogP) is 0.615. The van der Waals surface area contributed by atoms with Gasteiger partial charge in [-0.05, 0) is 6.07 Å². The van der Waals surface area contributed by atoms with Gasteiger partial charge < -0.3 is 14.7 Å². The number of aliphatic hydroxyl groups is 1. The number of carbonyl (C=O) groups is 1. The Bertz CT molecular complexity index is 598. The first-order valence-electron chi connectivity index (χ1n) is 6.72. The molecule has 7 nitrogen and oxygen atoms in total. The van der Waals surface area contributed by atoms with Gasteiger partial charge >= 0.3 is 0 Å². The van der Waals surface area contributed by atoms with Crippen molar-refractivity contribution in [2.75, 3.05) is 26.3 Å². The first kappa shape index (κ1) is 14.2. The largest absolute Gasteiger partial charge is 0.396 e. The van der Waals surface area contributed by atoms with Gasteiger partial charge in [0.05, 0.1) is 30.6 Å². The normalized spacial score (nSPS) is 18.9. The van der Waals surface area contributed by atoms with E-state index in [1.54, 1.807) is 16.6 Å². The second kappa shape index (κ2) is 6.33. The number of nitrogens with one attached hydrogen (secondary N) is 1. The lowest BCUT2D eigenvalue weighted by Gasteiger charge is -2.31. The van der Waals surface area contributed by atoms with Crippen molar-refractivity contribution < 1.29 is 14.6 Å². The SMILES string of the molecule is O=C(c1cncs1)N1CCO[C@@H](c2cc(CCO)[nH]n2)C1. The Kier molecular flexibility index (Phi) is 4.28. The molecule has 1 saturated heterocycles. The van der Waals surface area contributed by atoms with Gasteiger partial charge in [-0.1, -0.05) is 0 Å². The number of hydrogen-bond acceptors (Lipinski definition) is 6. The molecule has 112 valence electrons. The molecule has 3 heterocycles. The summed E-state index contributed by atoms with van der Waals surface area (Å²) in [5.74, 6) is -0.0167. The van der Waals surface area contributed by atoms with E-state index >= 15 is 0 Å². The molecule has 1 aliphatic heterocycles. The Hall–Kier alpha value is -1.77. The van der Waals surface area contributed by atoms with Crippen molar-refractivity contribution >= 4 is 17.2 Å². The molecule has 0 saturated carbocycles. The summed E-state index contributed by atoms with van der Waals surface area (Å²) in [5, 5.41) is 16.0. The molecule has 0 radical (unpaired) electrons. The standard InChI is InChI=1S/C13H16N4O3S/c18-3-1-9-5-10(16-15-9)11-7-17(2-4-20-11)13(19)12-6-14-8-21-12/h5-6,8,11,18H,1-4,7H2,(H,15,16)/t11-/m1/s1. The van der Waals surface area contributed by atoms with Crippen LogP contribution in [-0.4, -0.2) is 57.4 Å². The van der Waals surface area contributed by atoms with Crippen LogP contribution in [-0.2, 0) is 11.2 Å². The van der Waals surface area contributed by atoms with Crippen LogP contribution in [0.15, 0.2) is 17.8 Å². The third kappa shape index (κ3) is 3.12. The minimum absolute atomic E-state index is 0.0167. The predicted molar refractivity (Wildman–Crippen MR) is 76.1 cm³/mol. The van der Waals surface area contributed by atoms with Gasteiger partial charge in [0.25, 0.3) is 5.91 Å². The number of hydrogen-bond donors (Lipinski definition) is 2. The quantitative estimate of drug-likeness (QED) is 0.864. The molecule has 8 heteroatoms. The Balaban J connectivity index is 1.69. The summed E-state index contributed by atoms with van der Waals surface area (Å²) >= 11 is 1.34. The van der Waals surface area contributed by atoms with Crippen molar-refractivity contribution in [3.05, 3.63) is 34.0 Å². The minimum Gasteiger partial charge on any atom is -0.396 e. The number of aromatic nitrogens is 3. The molecule has 3 rings (SSSR count). The van der Waals surface area contributed by atoms with Gasteiger partial charge in [0.2, 0.25) is 0 Å². The summed E-state index contributed by atoms with van der Waals surface area (Å²) < 4.78 is 5.70. The van der Waals surface area contributed by atoms with Crippen molar-refractivity contribution in [3.63, 3.8) is 0 Å². The number of ether oxygens (including phenoxy) is 1. The number of aromatic amines is 1. The van der Waals surface area contributed by atoms with E-state index in [9.17, 15) is 4.79 Å². The fourth-order valence-electron chi connectivity index (χ4n) is 2.28. The van der Waals surface area contributed by atoms with Crippen LogP contribution in [0.25, 0.3) is 0 Å². The Labute approximate surface area is 125 Å². The molecule has 1 fully saturated rings. The molecular formula is C13H16N4O3S. The van der Waals surface area contributed by atoms with E-state index in [0.717, 1.165) is 11.4 Å². The average molecular weight is 308 g/mol. The molecule has 21 heavy (non-hydrogen) atoms. The van der Waals surface area contributed by atoms with E-state index in [4.69, 9.17) is 9.84 Å². The number of thiazole rings is 1. The summed E-state index contributed by atoms with van der Waals surface area (Å²) in [6.45, 7) is 1.60. The van der Waals surface area contributed by atoms with Crippen molar-refractivity contribution in [2.45, 2.75) is 12.5 Å². The van der Waals surface area contributed by atoms with Crippen LogP contribution in [0.3, 0.4) is 0 Å². The lowest BCUT2D eigenvalue weighted by molar-refractivity contribution is -0.0246. The molecular weight excluding hydrogens is 292 g/mol. The zero-order valence-corrected chi connectivity index (χ0v) is 12.2. The topological polar surface area (TPSA) is 91.3 Å². The zero-order chi connectivity index (χ0) is 14.7. The second-order valence-electron chi connectivity index (χ2n) is 4.77. The van der Waals surface area contributed by atoms with Crippen LogP contribution in [0.5, 0.6) is 0 Å². The number of rotatable bonds is 4. The van der Waals surface area contributed by atoms with Gasteiger partial charge in [0.1, 0.15) is 11.0 Å². The van der Waals surface area contributed by atoms with Gasteiger partial charge in [-0.3, -0.25) is 14.9 Å². The van der Waals surface area contributed by atoms with Gasteiger partial charge in [-0.15, -0.1) is 11.3 Å². The molecule has 0 spiro atoms. The number of morpholine rings is 1. The van der Waals surface area contributed by atoms with Crippen LogP contribution in [0.2, 0.25) is 0 Å². The van der Waals surface area contributed by atoms with Crippen LogP contribution >= 0.6 is 11.3 Å². The molecule has 0 unspecified atom stereocenters. The Morgan fingerprint density at radius 2 is 2.52 bits per heavy atom. The first-order valence-corrected chi connectivity index (χ1v) is 7.60. The number of amides is 1. The molecule has 0 aromatic carbocycles. The summed E-state index contributed by atoms with van der Waals surface area (Å²) in [6.07, 6.45) is 1.88. The highest BCUT2D eigenvalue weighted by atomic mass is 32.1. The number of H-pyrrole nitrogens is 1. The van der Waals surface area contributed by atoms with E-state index < -0.39 is 0 Å². The van der Waals surface area contributed by atoms with Crippen LogP contribution in [0.1, 0.15) is 27.2 Å². The molecule has 1 atom stereocenters. The van der Waals surface area contributed by atoms with E-state index in [2.05, 4.69) is 15.2 Å². The van der Waals surface area contributed by atoms with E-state index in [-0.39, 0.29) is 18.6 Å². The molecule has 0 bridgehead atoms. The smallest absolute Gasteiger partial charge is 0.265 e. The fraction of sp³-hybridized carbons (Fsp3) is 0.462. The summed E-state index contributed by atoms with van der Waals surface area (Å²) in [4.78, 5) is 18.7. The highest BCUT2D eigenvalue weighted by Gasteiger charge is 2.28. The lowest BCUT2D eigenvalue weighted by Crippen LogP contribution is -2.42. The number of aliphatic hydroxyl groups excluding tert-OH is 1. The molecule has 2 aromatic rings. The van der Waals surface area contributed by atoms with Crippen molar-refractivity contribution in [1.82, 2.24) is 20.1 Å². The van der Waals surface area contributed by atoms with Crippen molar-refractivity contribution in [3.8, 4) is 0 Å². The maximum Gasteiger partial charge on any atom is 0.265 e. The Morgan fingerprint density at radius 3 is 3.29 bits per heavy atom. The average Bonchev–Trinajstić information content (AvgIpc) is 3.18. The van der Waals surface area contributed by atoms with Gasteiger partial charge in [0.15, 0.2) is 0 Å². The van der Waals surface area contributed by atoms with Crippen LogP contribution in [0, 0.1) is 0 Å². The summed E-state index contributed by atoms with van der Waals surface area (Å²) in [6, 6.07) is 1.88. The van der Waals surface area contributed by atoms with Crippen molar-refractivity contribution in [2.24, 2.45) is 0 Å². The second-order valence-corrected chi connectivity index (χ2v) is 5.65. The summed E-state index contributed by atoms with van der Waals surface area (Å²) in [7, 11) is 0. The molecule has 2 N–H and O–H groups in total. The Morgan fingerprint density at radius 1 is 1.62 bits per heavy atom. The van der Waals surface area contributed by atoms with E-state index in [0.29, 0.717) is 31.0 Å². The molecule has 0 aliphatic carbocycles. The molecule has 2 aromatic heterocycles. The van der Waals surface area contributed by atoms with Crippen LogP contribution in [0.4, 0.5) is 0 Å². The molecule has 1 amide bonds. The maximum atomic E-state index is 12.3. The summed E-state index contributed by atoms with van der Waals surface area (Å²) in [5.41, 5.74) is 3.28. The van der Waals surface area contributed by atoms with Gasteiger partial charge in [-0.2, -0.15) is 5.10 Å². The fourth-order valence-corrected chi connectivity index (χ4v) is 2.87. The van der Waals surface area contributed by atoms with E-state index in [1.165, 1.54) is 11.3 Å². The van der Waals surface area contributed by atoms with Crippen LogP contribution < -0.4 is 0 Å². The molecule has 1 aliphatic rings. The number of carbonyl (C=O) groups excluding carboxylic acids is 1. The lowest BCUT2D eigenvalue weighted by atomic mass is 10.2. The van der Waals surface area contributed by atoms with Gasteiger partial charge in [-0.25, -0.2) is 0 Å². The zero-order valence-electron chi connectivity index (χ0n) is 11.4. The third-order valence-electron chi connectivity index (χ3n) is 3.36. The first-order chi connectivity index (χ1) is 10.3. The number of nitrogens with zero attached hydrogens (tertiary/aromatic N) is 3. The monoisotopic (exact) mass is 308 g/mol. The maximum absolute atomic E-state index is 12.3. The highest BCUT2D eigenvalue weighted by Crippen LogP contribution is 2.23. The van der Waals surface area contributed by atoms with Gasteiger partial charge in [0, 0.05) is 25.3 Å². The minimum atomic E-state index is -0.237. The van der Waals surface area contributed by atoms with E-state index in [1.807, 2.05) is 6.07 Å². The highest BCUT2D eigenvalue weighted by molar-refractivity contribution is 7.11.